The standard InChI is InChI=1S/C31H34BrNO3/c1-19-13-14-33(17-19)21(3)18-35-26-9-5-23(6-10-26)31-30(27-11-7-24(32)15-20(27)2)22(4)28-16-25(34)8-12-29(28)36-31/h5-12,15-16,19,21,31,34H,13-14,17-18H2,1-4H3. The van der Waals surface area contributed by atoms with Crippen LogP contribution in [-0.2, 0) is 0 Å². The largest absolute Gasteiger partial charge is 0.508 e. The summed E-state index contributed by atoms with van der Waals surface area (Å²) in [5.41, 5.74) is 6.53. The fourth-order valence-electron chi connectivity index (χ4n) is 5.38. The van der Waals surface area contributed by atoms with Crippen molar-refractivity contribution in [1.29, 1.82) is 0 Å². The van der Waals surface area contributed by atoms with Gasteiger partial charge in [-0.15, -0.1) is 0 Å². The molecule has 1 fully saturated rings. The van der Waals surface area contributed by atoms with Crippen LogP contribution >= 0.6 is 15.9 Å². The number of allylic oxidation sites excluding steroid dienone is 1. The highest BCUT2D eigenvalue weighted by atomic mass is 79.9. The maximum atomic E-state index is 10.1. The summed E-state index contributed by atoms with van der Waals surface area (Å²) in [4.78, 5) is 2.52. The van der Waals surface area contributed by atoms with E-state index in [1.165, 1.54) is 12.0 Å². The van der Waals surface area contributed by atoms with E-state index in [-0.39, 0.29) is 11.9 Å². The lowest BCUT2D eigenvalue weighted by molar-refractivity contribution is 0.169. The monoisotopic (exact) mass is 547 g/mol. The third kappa shape index (κ3) is 5.05. The number of hydrogen-bond donors (Lipinski definition) is 1. The smallest absolute Gasteiger partial charge is 0.150 e. The number of ether oxygens (including phenoxy) is 2. The first-order valence-corrected chi connectivity index (χ1v) is 13.5. The molecule has 0 aliphatic carbocycles. The van der Waals surface area contributed by atoms with Crippen LogP contribution in [0.4, 0.5) is 0 Å². The van der Waals surface area contributed by atoms with Crippen LogP contribution in [0.1, 0.15) is 55.5 Å². The lowest BCUT2D eigenvalue weighted by Crippen LogP contribution is -2.35. The summed E-state index contributed by atoms with van der Waals surface area (Å²) in [6, 6.07) is 20.4. The molecule has 4 nitrogen and oxygen atoms in total. The highest BCUT2D eigenvalue weighted by molar-refractivity contribution is 9.10. The Hall–Kier alpha value is -2.76. The van der Waals surface area contributed by atoms with Gasteiger partial charge in [0.15, 0.2) is 0 Å². The molecule has 0 radical (unpaired) electrons. The molecule has 36 heavy (non-hydrogen) atoms. The second-order valence-corrected chi connectivity index (χ2v) is 11.2. The molecule has 3 aromatic carbocycles. The van der Waals surface area contributed by atoms with Crippen molar-refractivity contribution < 1.29 is 14.6 Å². The molecular formula is C31H34BrNO3. The molecule has 1 N–H and O–H groups in total. The Morgan fingerprint density at radius 1 is 1.06 bits per heavy atom. The fraction of sp³-hybridized carbons (Fsp3) is 0.355. The number of aryl methyl sites for hydroxylation is 1. The number of rotatable bonds is 6. The maximum Gasteiger partial charge on any atom is 0.150 e. The number of phenolic OH excluding ortho intramolecular Hbond substituents is 1. The average molecular weight is 549 g/mol. The molecule has 5 rings (SSSR count). The van der Waals surface area contributed by atoms with Gasteiger partial charge in [-0.05, 0) is 104 Å². The van der Waals surface area contributed by atoms with E-state index in [0.717, 1.165) is 62.8 Å². The number of nitrogens with zero attached hydrogens (tertiary/aromatic N) is 1. The minimum Gasteiger partial charge on any atom is -0.508 e. The van der Waals surface area contributed by atoms with E-state index < -0.39 is 0 Å². The Kier molecular flexibility index (Phi) is 7.14. The second-order valence-electron chi connectivity index (χ2n) is 10.3. The van der Waals surface area contributed by atoms with Crippen LogP contribution in [0.5, 0.6) is 17.2 Å². The number of likely N-dealkylation sites (tertiary alicyclic amines) is 1. The van der Waals surface area contributed by atoms with Gasteiger partial charge in [-0.3, -0.25) is 4.90 Å². The van der Waals surface area contributed by atoms with Crippen LogP contribution in [0.2, 0.25) is 0 Å². The van der Waals surface area contributed by atoms with Crippen molar-refractivity contribution >= 4 is 27.1 Å². The summed E-state index contributed by atoms with van der Waals surface area (Å²) in [6.45, 7) is 11.8. The first kappa shape index (κ1) is 24.9. The Morgan fingerprint density at radius 2 is 1.83 bits per heavy atom. The summed E-state index contributed by atoms with van der Waals surface area (Å²) >= 11 is 3.59. The number of phenols is 1. The average Bonchev–Trinajstić information content (AvgIpc) is 3.30. The first-order valence-electron chi connectivity index (χ1n) is 12.7. The summed E-state index contributed by atoms with van der Waals surface area (Å²) in [6.07, 6.45) is 1.01. The zero-order valence-corrected chi connectivity index (χ0v) is 23.0. The summed E-state index contributed by atoms with van der Waals surface area (Å²) < 4.78 is 13.8. The van der Waals surface area contributed by atoms with Crippen molar-refractivity contribution in [3.8, 4) is 17.2 Å². The third-order valence-corrected chi connectivity index (χ3v) is 8.00. The fourth-order valence-corrected chi connectivity index (χ4v) is 5.85. The Morgan fingerprint density at radius 3 is 2.53 bits per heavy atom. The molecule has 1 saturated heterocycles. The highest BCUT2D eigenvalue weighted by Gasteiger charge is 2.30. The van der Waals surface area contributed by atoms with Crippen LogP contribution in [0.25, 0.3) is 11.1 Å². The summed E-state index contributed by atoms with van der Waals surface area (Å²) in [7, 11) is 0. The Balaban J connectivity index is 1.43. The molecule has 3 aromatic rings. The highest BCUT2D eigenvalue weighted by Crippen LogP contribution is 2.48. The van der Waals surface area contributed by atoms with E-state index in [1.54, 1.807) is 12.1 Å². The number of fused-ring (bicyclic) bond motifs is 1. The molecule has 5 heteroatoms. The van der Waals surface area contributed by atoms with Crippen molar-refractivity contribution in [2.24, 2.45) is 5.92 Å². The van der Waals surface area contributed by atoms with Crippen LogP contribution in [-0.4, -0.2) is 35.7 Å². The van der Waals surface area contributed by atoms with E-state index in [9.17, 15) is 5.11 Å². The van der Waals surface area contributed by atoms with Crippen LogP contribution in [0, 0.1) is 12.8 Å². The molecule has 0 bridgehead atoms. The third-order valence-electron chi connectivity index (χ3n) is 7.51. The zero-order chi connectivity index (χ0) is 25.4. The minimum atomic E-state index is -0.263. The number of benzene rings is 3. The van der Waals surface area contributed by atoms with Crippen molar-refractivity contribution in [1.82, 2.24) is 4.90 Å². The van der Waals surface area contributed by atoms with Crippen LogP contribution in [0.15, 0.2) is 65.1 Å². The summed E-state index contributed by atoms with van der Waals surface area (Å²) in [5.74, 6) is 2.67. The Labute approximate surface area is 222 Å². The minimum absolute atomic E-state index is 0.237. The first-order chi connectivity index (χ1) is 17.3. The van der Waals surface area contributed by atoms with E-state index >= 15 is 0 Å². The molecule has 3 unspecified atom stereocenters. The molecule has 0 saturated carbocycles. The molecule has 2 aliphatic heterocycles. The van der Waals surface area contributed by atoms with Gasteiger partial charge in [0.05, 0.1) is 0 Å². The number of aromatic hydroxyl groups is 1. The molecular weight excluding hydrogens is 514 g/mol. The van der Waals surface area contributed by atoms with Crippen molar-refractivity contribution in [2.75, 3.05) is 19.7 Å². The molecule has 2 aliphatic rings. The van der Waals surface area contributed by atoms with Gasteiger partial charge in [-0.2, -0.15) is 0 Å². The molecule has 0 aromatic heterocycles. The molecule has 0 spiro atoms. The Bertz CT molecular complexity index is 1280. The van der Waals surface area contributed by atoms with Gasteiger partial charge in [0.1, 0.15) is 30.0 Å². The predicted molar refractivity (Wildman–Crippen MR) is 150 cm³/mol. The van der Waals surface area contributed by atoms with E-state index in [4.69, 9.17) is 9.47 Å². The van der Waals surface area contributed by atoms with E-state index in [0.29, 0.717) is 12.6 Å². The molecule has 188 valence electrons. The molecule has 3 atom stereocenters. The van der Waals surface area contributed by atoms with E-state index in [2.05, 4.69) is 78.9 Å². The number of hydrogen-bond acceptors (Lipinski definition) is 4. The maximum absolute atomic E-state index is 10.1. The quantitative estimate of drug-likeness (QED) is 0.344. The SMILES string of the molecule is CC1=C(c2ccc(Br)cc2C)C(c2ccc(OCC(C)N3CCC(C)C3)cc2)Oc2ccc(O)cc21. The van der Waals surface area contributed by atoms with Crippen molar-refractivity contribution in [2.45, 2.75) is 46.3 Å². The van der Waals surface area contributed by atoms with Crippen molar-refractivity contribution in [3.63, 3.8) is 0 Å². The van der Waals surface area contributed by atoms with Gasteiger partial charge >= 0.3 is 0 Å². The number of halogens is 1. The van der Waals surface area contributed by atoms with Crippen LogP contribution < -0.4 is 9.47 Å². The van der Waals surface area contributed by atoms with Gasteiger partial charge in [-0.1, -0.05) is 41.1 Å². The van der Waals surface area contributed by atoms with Gasteiger partial charge in [0, 0.05) is 28.2 Å². The van der Waals surface area contributed by atoms with E-state index in [1.807, 2.05) is 18.2 Å². The topological polar surface area (TPSA) is 41.9 Å². The lowest BCUT2D eigenvalue weighted by Gasteiger charge is -2.32. The zero-order valence-electron chi connectivity index (χ0n) is 21.4. The lowest BCUT2D eigenvalue weighted by atomic mass is 9.84. The molecule has 0 amide bonds. The van der Waals surface area contributed by atoms with Gasteiger partial charge in [0.25, 0.3) is 0 Å². The summed E-state index contributed by atoms with van der Waals surface area (Å²) in [5, 5.41) is 10.1. The van der Waals surface area contributed by atoms with Gasteiger partial charge < -0.3 is 14.6 Å². The normalized spacial score (nSPS) is 20.7. The van der Waals surface area contributed by atoms with Crippen molar-refractivity contribution in [3.05, 3.63) is 87.4 Å². The van der Waals surface area contributed by atoms with Gasteiger partial charge in [-0.25, -0.2) is 0 Å². The van der Waals surface area contributed by atoms with Gasteiger partial charge in [0.2, 0.25) is 0 Å². The second kappa shape index (κ2) is 10.3. The van der Waals surface area contributed by atoms with Crippen LogP contribution in [0.3, 0.4) is 0 Å². The predicted octanol–water partition coefficient (Wildman–Crippen LogP) is 7.64. The molecule has 2 heterocycles.